The van der Waals surface area contributed by atoms with Crippen LogP contribution in [-0.4, -0.2) is 33.3 Å². The van der Waals surface area contributed by atoms with Crippen LogP contribution in [0.15, 0.2) is 0 Å². The second-order valence-electron chi connectivity index (χ2n) is 1.73. The molecule has 0 aromatic carbocycles. The minimum absolute atomic E-state index is 0.552. The summed E-state index contributed by atoms with van der Waals surface area (Å²) in [7, 11) is 0. The zero-order valence-corrected chi connectivity index (χ0v) is 8.15. The number of carboxylic acid groups (broad SMARTS) is 1. The van der Waals surface area contributed by atoms with Crippen LogP contribution in [0.3, 0.4) is 0 Å². The molecule has 0 aromatic heterocycles. The molecule has 0 saturated carbocycles. The van der Waals surface area contributed by atoms with E-state index in [0.717, 1.165) is 5.75 Å². The quantitative estimate of drug-likeness (QED) is 0.562. The summed E-state index contributed by atoms with van der Waals surface area (Å²) in [4.78, 5) is 10.1. The number of hydrogen-bond donors (Lipinski definition) is 3. The van der Waals surface area contributed by atoms with Crippen molar-refractivity contribution < 1.29 is 30.4 Å². The summed E-state index contributed by atoms with van der Waals surface area (Å²) in [6.07, 6.45) is 2.48. The van der Waals surface area contributed by atoms with Crippen LogP contribution in [0.2, 0.25) is 0 Å². The zero-order chi connectivity index (χ0) is 9.28. The summed E-state index contributed by atoms with van der Waals surface area (Å²) in [5.41, 5.74) is 5.19. The van der Waals surface area contributed by atoms with Crippen LogP contribution in [-0.2, 0) is 21.1 Å². The topological polar surface area (TPSA) is 83.6 Å². The van der Waals surface area contributed by atoms with E-state index in [4.69, 9.17) is 15.0 Å². The van der Waals surface area contributed by atoms with Crippen LogP contribution in [0.4, 0.5) is 0 Å². The van der Waals surface area contributed by atoms with Gasteiger partial charge in [-0.25, -0.2) is 0 Å². The Morgan fingerprint density at radius 1 is 1.73 bits per heavy atom. The van der Waals surface area contributed by atoms with Gasteiger partial charge >= 0.3 is 26.5 Å². The van der Waals surface area contributed by atoms with Crippen molar-refractivity contribution in [3.05, 3.63) is 0 Å². The molecule has 11 heavy (non-hydrogen) atoms. The van der Waals surface area contributed by atoms with Crippen LogP contribution in [0.1, 0.15) is 6.42 Å². The van der Waals surface area contributed by atoms with E-state index < -0.39 is 12.0 Å². The summed E-state index contributed by atoms with van der Waals surface area (Å²) in [5.74, 6) is -0.1000. The predicted octanol–water partition coefficient (Wildman–Crippen LogP) is -0.408. The number of carboxylic acids is 1. The average molecular weight is 221 g/mol. The molecule has 1 atom stereocenters. The second kappa shape index (κ2) is 10.3. The van der Waals surface area contributed by atoms with Crippen LogP contribution in [0.5, 0.6) is 0 Å². The Balaban J connectivity index is 0. The molecular weight excluding hydrogens is 209 g/mol. The first-order valence-corrected chi connectivity index (χ1v) is 4.75. The Kier molecular flexibility index (Phi) is 12.9. The first kappa shape index (κ1) is 13.8. The van der Waals surface area contributed by atoms with Crippen molar-refractivity contribution in [1.29, 1.82) is 0 Å². The van der Waals surface area contributed by atoms with E-state index in [1.807, 2.05) is 22.6 Å². The van der Waals surface area contributed by atoms with Crippen LogP contribution >= 0.6 is 11.8 Å². The fraction of sp³-hybridized carbons (Fsp3) is 0.800. The molecule has 0 fully saturated rings. The molecule has 0 radical (unpaired) electrons. The van der Waals surface area contributed by atoms with Crippen LogP contribution < -0.4 is 5.73 Å². The van der Waals surface area contributed by atoms with Gasteiger partial charge in [-0.05, 0) is 18.4 Å². The summed E-state index contributed by atoms with van der Waals surface area (Å²) in [6.45, 7) is 0. The van der Waals surface area contributed by atoms with E-state index in [9.17, 15) is 4.79 Å². The molecular formula is C5H12MnNO3S. The molecule has 0 aliphatic rings. The Labute approximate surface area is 78.7 Å². The van der Waals surface area contributed by atoms with Crippen molar-refractivity contribution >= 4 is 17.7 Å². The number of aliphatic carboxylic acids is 1. The van der Waals surface area contributed by atoms with Gasteiger partial charge in [0.2, 0.25) is 0 Å². The monoisotopic (exact) mass is 221 g/mol. The Morgan fingerprint density at radius 3 is 2.45 bits per heavy atom. The molecule has 0 unspecified atom stereocenters. The third-order valence-corrected chi connectivity index (χ3v) is 1.59. The fourth-order valence-corrected chi connectivity index (χ4v) is 0.858. The first-order valence-electron chi connectivity index (χ1n) is 2.82. The molecule has 0 heterocycles. The molecule has 4 nitrogen and oxygen atoms in total. The Hall–Kier alpha value is 0.259. The molecule has 0 rings (SSSR count). The molecule has 4 N–H and O–H groups in total. The Bertz CT molecular complexity index is 104. The number of hydrogen-bond acceptors (Lipinski definition) is 4. The van der Waals surface area contributed by atoms with E-state index in [-0.39, 0.29) is 0 Å². The number of rotatable bonds is 4. The summed E-state index contributed by atoms with van der Waals surface area (Å²) >= 11 is 3.54. The van der Waals surface area contributed by atoms with Gasteiger partial charge in [-0.2, -0.15) is 11.8 Å². The molecule has 0 aliphatic carbocycles. The summed E-state index contributed by atoms with van der Waals surface area (Å²) in [5, 5.41) is 8.27. The number of nitrogens with two attached hydrogens (primary N) is 1. The van der Waals surface area contributed by atoms with E-state index in [1.165, 1.54) is 0 Å². The minimum atomic E-state index is -0.913. The third-order valence-electron chi connectivity index (χ3n) is 0.950. The summed E-state index contributed by atoms with van der Waals surface area (Å²) in [6, 6.07) is -0.683. The van der Waals surface area contributed by atoms with Gasteiger partial charge in [-0.15, -0.1) is 0 Å². The normalized spacial score (nSPS) is 11.3. The van der Waals surface area contributed by atoms with E-state index in [1.54, 1.807) is 11.8 Å². The van der Waals surface area contributed by atoms with Crippen molar-refractivity contribution in [3.63, 3.8) is 0 Å². The van der Waals surface area contributed by atoms with E-state index in [0.29, 0.717) is 6.42 Å². The van der Waals surface area contributed by atoms with Gasteiger partial charge in [0.15, 0.2) is 0 Å². The van der Waals surface area contributed by atoms with Gasteiger partial charge in [-0.3, -0.25) is 4.79 Å². The molecule has 0 saturated heterocycles. The predicted molar refractivity (Wildman–Crippen MR) is 40.8 cm³/mol. The molecule has 0 spiro atoms. The standard InChI is InChI=1S/C5H11NO2S.Mn.H2O/c1-9-3-2-4(6)5(7)8;;/h4H,2-3,6H2,1H3,(H,7,8);;1H2/q;+1;/p-1/t4-;;/m0../s1. The SMILES string of the molecule is CSCC[C@H](N)C(=O)O.[OH][Mn]. The maximum absolute atomic E-state index is 10.1. The first-order chi connectivity index (χ1) is 5.18. The molecule has 0 aromatic rings. The van der Waals surface area contributed by atoms with Crippen LogP contribution in [0.25, 0.3) is 0 Å². The van der Waals surface area contributed by atoms with Gasteiger partial charge in [0, 0.05) is 0 Å². The van der Waals surface area contributed by atoms with Gasteiger partial charge in [0.05, 0.1) is 0 Å². The van der Waals surface area contributed by atoms with E-state index in [2.05, 4.69) is 0 Å². The average Bonchev–Trinajstić information content (AvgIpc) is 2.03. The number of thioether (sulfide) groups is 1. The molecule has 68 valence electrons. The molecule has 0 aliphatic heterocycles. The van der Waals surface area contributed by atoms with Crippen molar-refractivity contribution in [3.8, 4) is 0 Å². The fourth-order valence-electron chi connectivity index (χ4n) is 0.368. The maximum atomic E-state index is 10.1. The second-order valence-corrected chi connectivity index (χ2v) is 2.71. The van der Waals surface area contributed by atoms with Gasteiger partial charge in [-0.1, -0.05) is 0 Å². The van der Waals surface area contributed by atoms with Crippen molar-refractivity contribution in [2.75, 3.05) is 12.0 Å². The van der Waals surface area contributed by atoms with Gasteiger partial charge in [0.25, 0.3) is 0 Å². The van der Waals surface area contributed by atoms with E-state index >= 15 is 0 Å². The van der Waals surface area contributed by atoms with Gasteiger partial charge in [0.1, 0.15) is 6.04 Å². The third kappa shape index (κ3) is 10.3. The van der Waals surface area contributed by atoms with Crippen LogP contribution in [0, 0.1) is 0 Å². The Morgan fingerprint density at radius 2 is 2.18 bits per heavy atom. The van der Waals surface area contributed by atoms with Crippen molar-refractivity contribution in [1.82, 2.24) is 0 Å². The summed E-state index contributed by atoms with van der Waals surface area (Å²) < 4.78 is 6.81. The number of carbonyl (C=O) groups is 1. The zero-order valence-electron chi connectivity index (χ0n) is 6.16. The molecule has 0 amide bonds. The van der Waals surface area contributed by atoms with Crippen molar-refractivity contribution in [2.24, 2.45) is 5.73 Å². The van der Waals surface area contributed by atoms with Crippen molar-refractivity contribution in [2.45, 2.75) is 12.5 Å². The molecule has 0 bridgehead atoms. The van der Waals surface area contributed by atoms with Gasteiger partial charge < -0.3 is 10.8 Å². The molecule has 6 heteroatoms.